The summed E-state index contributed by atoms with van der Waals surface area (Å²) < 4.78 is 14.4. The van der Waals surface area contributed by atoms with E-state index in [0.29, 0.717) is 40.4 Å². The fourth-order valence-corrected chi connectivity index (χ4v) is 3.37. The standard InChI is InChI=1S/C26H23ClFNO/c1-19(17-29(2)18-20-9-5-3-6-10-20)26(30)24(21-11-7-4-8-12-21)15-22-13-14-23(27)16-25(22)28/h3-16H,1,17-18H2,2H3/b24-15+. The lowest BCUT2D eigenvalue weighted by Gasteiger charge is -2.18. The Bertz CT molecular complexity index is 1060. The van der Waals surface area contributed by atoms with Crippen LogP contribution in [0.3, 0.4) is 0 Å². The summed E-state index contributed by atoms with van der Waals surface area (Å²) in [5.74, 6) is -0.689. The Labute approximate surface area is 181 Å². The first-order chi connectivity index (χ1) is 14.4. The molecule has 0 bridgehead atoms. The van der Waals surface area contributed by atoms with Crippen LogP contribution in [0.2, 0.25) is 5.02 Å². The molecule has 30 heavy (non-hydrogen) atoms. The van der Waals surface area contributed by atoms with Gasteiger partial charge in [0, 0.05) is 34.8 Å². The predicted molar refractivity (Wildman–Crippen MR) is 123 cm³/mol. The number of halogens is 2. The van der Waals surface area contributed by atoms with Crippen molar-refractivity contribution in [2.24, 2.45) is 0 Å². The van der Waals surface area contributed by atoms with Gasteiger partial charge in [0.15, 0.2) is 5.78 Å². The Kier molecular flexibility index (Phi) is 7.34. The van der Waals surface area contributed by atoms with Gasteiger partial charge in [-0.3, -0.25) is 9.69 Å². The number of benzene rings is 3. The molecule has 0 fully saturated rings. The second kappa shape index (κ2) is 10.1. The summed E-state index contributed by atoms with van der Waals surface area (Å²) in [7, 11) is 1.94. The molecular formula is C26H23ClFNO. The van der Waals surface area contributed by atoms with Crippen molar-refractivity contribution in [2.45, 2.75) is 6.54 Å². The van der Waals surface area contributed by atoms with Gasteiger partial charge in [-0.2, -0.15) is 0 Å². The number of likely N-dealkylation sites (N-methyl/N-ethyl adjacent to an activating group) is 1. The molecule has 0 amide bonds. The number of Topliss-reactive ketones (excluding diaryl/α,β-unsaturated/α-hetero) is 1. The third-order valence-electron chi connectivity index (χ3n) is 4.67. The van der Waals surface area contributed by atoms with Gasteiger partial charge >= 0.3 is 0 Å². The average molecular weight is 420 g/mol. The molecule has 0 atom stereocenters. The van der Waals surface area contributed by atoms with E-state index in [1.165, 1.54) is 6.07 Å². The molecule has 0 spiro atoms. The van der Waals surface area contributed by atoms with Crippen molar-refractivity contribution in [1.82, 2.24) is 4.90 Å². The van der Waals surface area contributed by atoms with Gasteiger partial charge < -0.3 is 0 Å². The van der Waals surface area contributed by atoms with E-state index in [4.69, 9.17) is 11.6 Å². The maximum absolute atomic E-state index is 14.4. The topological polar surface area (TPSA) is 20.3 Å². The molecule has 0 saturated heterocycles. The number of carbonyl (C=O) groups is 1. The molecular weight excluding hydrogens is 397 g/mol. The minimum Gasteiger partial charge on any atom is -0.298 e. The molecule has 3 aromatic rings. The van der Waals surface area contributed by atoms with Gasteiger partial charge in [-0.15, -0.1) is 0 Å². The van der Waals surface area contributed by atoms with E-state index < -0.39 is 5.82 Å². The molecule has 152 valence electrons. The molecule has 0 radical (unpaired) electrons. The van der Waals surface area contributed by atoms with E-state index in [0.717, 1.165) is 5.56 Å². The highest BCUT2D eigenvalue weighted by Crippen LogP contribution is 2.25. The molecule has 0 aliphatic heterocycles. The van der Waals surface area contributed by atoms with Crippen LogP contribution in [0.4, 0.5) is 4.39 Å². The van der Waals surface area contributed by atoms with Crippen LogP contribution >= 0.6 is 11.6 Å². The highest BCUT2D eigenvalue weighted by Gasteiger charge is 2.18. The summed E-state index contributed by atoms with van der Waals surface area (Å²) in [4.78, 5) is 15.3. The lowest BCUT2D eigenvalue weighted by atomic mass is 9.95. The highest BCUT2D eigenvalue weighted by atomic mass is 35.5. The lowest BCUT2D eigenvalue weighted by Crippen LogP contribution is -2.23. The van der Waals surface area contributed by atoms with Gasteiger partial charge in [-0.05, 0) is 36.4 Å². The zero-order valence-electron chi connectivity index (χ0n) is 16.8. The molecule has 0 unspecified atom stereocenters. The Morgan fingerprint density at radius 3 is 2.30 bits per heavy atom. The van der Waals surface area contributed by atoms with E-state index in [2.05, 4.69) is 6.58 Å². The minimum atomic E-state index is -0.476. The second-order valence-corrected chi connectivity index (χ2v) is 7.62. The summed E-state index contributed by atoms with van der Waals surface area (Å²) in [6.07, 6.45) is 1.56. The zero-order valence-corrected chi connectivity index (χ0v) is 17.6. The Balaban J connectivity index is 1.85. The third-order valence-corrected chi connectivity index (χ3v) is 4.90. The van der Waals surface area contributed by atoms with Gasteiger partial charge in [-0.25, -0.2) is 4.39 Å². The molecule has 0 aliphatic rings. The predicted octanol–water partition coefficient (Wildman–Crippen LogP) is 6.28. The van der Waals surface area contributed by atoms with E-state index in [-0.39, 0.29) is 5.78 Å². The SMILES string of the molecule is C=C(CN(C)Cc1ccccc1)C(=O)/C(=C/c1ccc(Cl)cc1F)c1ccccc1. The van der Waals surface area contributed by atoms with Crippen LogP contribution in [0, 0.1) is 5.82 Å². The van der Waals surface area contributed by atoms with Crippen LogP contribution < -0.4 is 0 Å². The van der Waals surface area contributed by atoms with Crippen molar-refractivity contribution in [3.8, 4) is 0 Å². The average Bonchev–Trinajstić information content (AvgIpc) is 2.74. The number of allylic oxidation sites excluding steroid dienone is 1. The first kappa shape index (κ1) is 21.7. The summed E-state index contributed by atoms with van der Waals surface area (Å²) in [5, 5.41) is 0.309. The monoisotopic (exact) mass is 419 g/mol. The van der Waals surface area contributed by atoms with E-state index in [1.807, 2.05) is 72.6 Å². The van der Waals surface area contributed by atoms with Crippen LogP contribution in [0.1, 0.15) is 16.7 Å². The van der Waals surface area contributed by atoms with E-state index in [9.17, 15) is 9.18 Å². The molecule has 3 rings (SSSR count). The number of hydrogen-bond acceptors (Lipinski definition) is 2. The minimum absolute atomic E-state index is 0.213. The van der Waals surface area contributed by atoms with Crippen LogP contribution in [-0.4, -0.2) is 24.3 Å². The van der Waals surface area contributed by atoms with Crippen LogP contribution in [0.25, 0.3) is 11.6 Å². The molecule has 3 aromatic carbocycles. The largest absolute Gasteiger partial charge is 0.298 e. The van der Waals surface area contributed by atoms with Gasteiger partial charge in [0.1, 0.15) is 5.82 Å². The lowest BCUT2D eigenvalue weighted by molar-refractivity contribution is -0.110. The second-order valence-electron chi connectivity index (χ2n) is 7.18. The van der Waals surface area contributed by atoms with Gasteiger partial charge in [0.05, 0.1) is 0 Å². The molecule has 0 N–H and O–H groups in total. The van der Waals surface area contributed by atoms with Gasteiger partial charge in [0.25, 0.3) is 0 Å². The summed E-state index contributed by atoms with van der Waals surface area (Å²) >= 11 is 5.86. The smallest absolute Gasteiger partial charge is 0.190 e. The number of hydrogen-bond donors (Lipinski definition) is 0. The van der Waals surface area contributed by atoms with Crippen molar-refractivity contribution >= 4 is 29.0 Å². The summed E-state index contributed by atoms with van der Waals surface area (Å²) in [6, 6.07) is 23.7. The Hall–Kier alpha value is -3.01. The quantitative estimate of drug-likeness (QED) is 0.316. The van der Waals surface area contributed by atoms with Crippen LogP contribution in [-0.2, 0) is 11.3 Å². The Morgan fingerprint density at radius 2 is 1.67 bits per heavy atom. The number of rotatable bonds is 8. The van der Waals surface area contributed by atoms with Crippen LogP contribution in [0.5, 0.6) is 0 Å². The van der Waals surface area contributed by atoms with Crippen molar-refractivity contribution in [3.63, 3.8) is 0 Å². The fourth-order valence-electron chi connectivity index (χ4n) is 3.21. The number of carbonyl (C=O) groups excluding carboxylic acids is 1. The first-order valence-electron chi connectivity index (χ1n) is 9.61. The highest BCUT2D eigenvalue weighted by molar-refractivity contribution is 6.32. The molecule has 0 saturated carbocycles. The Morgan fingerprint density at radius 1 is 1.03 bits per heavy atom. The normalized spacial score (nSPS) is 11.5. The number of nitrogens with zero attached hydrogens (tertiary/aromatic N) is 1. The molecule has 0 heterocycles. The fraction of sp³-hybridized carbons (Fsp3) is 0.115. The molecule has 0 aromatic heterocycles. The van der Waals surface area contributed by atoms with Crippen molar-refractivity contribution in [1.29, 1.82) is 0 Å². The molecule has 0 aliphatic carbocycles. The summed E-state index contributed by atoms with van der Waals surface area (Å²) in [6.45, 7) is 5.12. The third kappa shape index (κ3) is 5.76. The maximum Gasteiger partial charge on any atom is 0.190 e. The molecule has 4 heteroatoms. The maximum atomic E-state index is 14.4. The van der Waals surface area contributed by atoms with Gasteiger partial charge in [0.2, 0.25) is 0 Å². The van der Waals surface area contributed by atoms with Crippen molar-refractivity contribution < 1.29 is 9.18 Å². The van der Waals surface area contributed by atoms with E-state index in [1.54, 1.807) is 18.2 Å². The van der Waals surface area contributed by atoms with E-state index >= 15 is 0 Å². The zero-order chi connectivity index (χ0) is 21.5. The van der Waals surface area contributed by atoms with Crippen LogP contribution in [0.15, 0.2) is 91.0 Å². The van der Waals surface area contributed by atoms with Crippen molar-refractivity contribution in [2.75, 3.05) is 13.6 Å². The molecule has 2 nitrogen and oxygen atoms in total. The first-order valence-corrected chi connectivity index (χ1v) is 9.99. The summed E-state index contributed by atoms with van der Waals surface area (Å²) in [5.41, 5.74) is 3.01. The van der Waals surface area contributed by atoms with Crippen molar-refractivity contribution in [3.05, 3.63) is 119 Å². The number of ketones is 1. The van der Waals surface area contributed by atoms with Gasteiger partial charge in [-0.1, -0.05) is 84.9 Å².